The Hall–Kier alpha value is -0.730. The van der Waals surface area contributed by atoms with E-state index in [1.807, 2.05) is 0 Å². The van der Waals surface area contributed by atoms with Crippen LogP contribution in [0.5, 0.6) is 0 Å². The predicted octanol–water partition coefficient (Wildman–Crippen LogP) is 2.13. The van der Waals surface area contributed by atoms with Crippen LogP contribution in [-0.2, 0) is 0 Å². The summed E-state index contributed by atoms with van der Waals surface area (Å²) in [6.45, 7) is 11.7. The van der Waals surface area contributed by atoms with Crippen molar-refractivity contribution in [2.75, 3.05) is 6.54 Å². The van der Waals surface area contributed by atoms with E-state index in [0.29, 0.717) is 17.3 Å². The molecule has 0 aliphatic heterocycles. The van der Waals surface area contributed by atoms with Gasteiger partial charge < -0.3 is 11.1 Å². The molecular formula is C12H25N3. The molecule has 1 aliphatic rings. The molecule has 15 heavy (non-hydrogen) atoms. The highest BCUT2D eigenvalue weighted by Crippen LogP contribution is 2.51. The lowest BCUT2D eigenvalue weighted by molar-refractivity contribution is 0.370. The third-order valence-corrected chi connectivity index (χ3v) is 3.18. The molecule has 0 amide bonds. The Labute approximate surface area is 93.5 Å². The zero-order valence-corrected chi connectivity index (χ0v) is 10.7. The summed E-state index contributed by atoms with van der Waals surface area (Å²) in [7, 11) is 0. The highest BCUT2D eigenvalue weighted by Gasteiger charge is 2.45. The van der Waals surface area contributed by atoms with Crippen LogP contribution in [-0.4, -0.2) is 18.0 Å². The number of nitrogens with zero attached hydrogens (tertiary/aromatic N) is 1. The van der Waals surface area contributed by atoms with Crippen LogP contribution in [0.15, 0.2) is 4.99 Å². The molecule has 0 heterocycles. The van der Waals surface area contributed by atoms with Gasteiger partial charge in [0.25, 0.3) is 0 Å². The summed E-state index contributed by atoms with van der Waals surface area (Å²) in [5.74, 6) is 1.29. The van der Waals surface area contributed by atoms with Crippen molar-refractivity contribution in [1.29, 1.82) is 0 Å². The Morgan fingerprint density at radius 1 is 1.40 bits per heavy atom. The molecule has 1 rings (SSSR count). The summed E-state index contributed by atoms with van der Waals surface area (Å²) < 4.78 is 0. The van der Waals surface area contributed by atoms with Gasteiger partial charge in [0.15, 0.2) is 5.96 Å². The third kappa shape index (κ3) is 3.73. The Balaban J connectivity index is 2.44. The number of rotatable bonds is 3. The molecule has 3 heteroatoms. The molecule has 0 aromatic rings. The van der Waals surface area contributed by atoms with E-state index >= 15 is 0 Å². The maximum absolute atomic E-state index is 5.83. The van der Waals surface area contributed by atoms with Crippen LogP contribution in [0.25, 0.3) is 0 Å². The molecule has 1 aliphatic carbocycles. The second kappa shape index (κ2) is 4.03. The van der Waals surface area contributed by atoms with Crippen molar-refractivity contribution in [2.24, 2.45) is 22.1 Å². The molecule has 0 spiro atoms. The van der Waals surface area contributed by atoms with Gasteiger partial charge in [0, 0.05) is 12.1 Å². The smallest absolute Gasteiger partial charge is 0.189 e. The van der Waals surface area contributed by atoms with E-state index < -0.39 is 0 Å². The Morgan fingerprint density at radius 3 is 2.27 bits per heavy atom. The van der Waals surface area contributed by atoms with E-state index in [9.17, 15) is 0 Å². The minimum Gasteiger partial charge on any atom is -0.370 e. The van der Waals surface area contributed by atoms with Gasteiger partial charge in [-0.3, -0.25) is 4.99 Å². The molecule has 0 unspecified atom stereocenters. The van der Waals surface area contributed by atoms with Crippen molar-refractivity contribution in [3.05, 3.63) is 0 Å². The normalized spacial score (nSPS) is 20.5. The minimum absolute atomic E-state index is 0.00211. The summed E-state index contributed by atoms with van der Waals surface area (Å²) in [6.07, 6.45) is 2.61. The maximum atomic E-state index is 5.83. The van der Waals surface area contributed by atoms with Crippen molar-refractivity contribution in [1.82, 2.24) is 5.32 Å². The first-order valence-electron chi connectivity index (χ1n) is 5.83. The predicted molar refractivity (Wildman–Crippen MR) is 65.9 cm³/mol. The second-order valence-corrected chi connectivity index (χ2v) is 6.09. The van der Waals surface area contributed by atoms with Crippen molar-refractivity contribution in [2.45, 2.75) is 53.0 Å². The highest BCUT2D eigenvalue weighted by atomic mass is 15.1. The van der Waals surface area contributed by atoms with Gasteiger partial charge in [-0.25, -0.2) is 0 Å². The van der Waals surface area contributed by atoms with Crippen LogP contribution < -0.4 is 11.1 Å². The molecule has 88 valence electrons. The topological polar surface area (TPSA) is 50.4 Å². The second-order valence-electron chi connectivity index (χ2n) is 6.09. The van der Waals surface area contributed by atoms with Crippen LogP contribution in [0.4, 0.5) is 0 Å². The SMILES string of the molecule is CC(C)C1(CN=C(N)NC(C)(C)C)CC1. The Bertz CT molecular complexity index is 244. The van der Waals surface area contributed by atoms with E-state index in [2.05, 4.69) is 44.9 Å². The summed E-state index contributed by atoms with van der Waals surface area (Å²) >= 11 is 0. The molecule has 3 N–H and O–H groups in total. The van der Waals surface area contributed by atoms with Crippen molar-refractivity contribution in [3.63, 3.8) is 0 Å². The summed E-state index contributed by atoms with van der Waals surface area (Å²) in [5.41, 5.74) is 6.28. The first-order valence-corrected chi connectivity index (χ1v) is 5.83. The van der Waals surface area contributed by atoms with E-state index in [0.717, 1.165) is 6.54 Å². The molecule has 0 radical (unpaired) electrons. The standard InChI is InChI=1S/C12H25N3/c1-9(2)12(6-7-12)8-14-10(13)15-11(3,4)5/h9H,6-8H2,1-5H3,(H3,13,14,15). The summed E-state index contributed by atoms with van der Waals surface area (Å²) in [5, 5.41) is 3.19. The highest BCUT2D eigenvalue weighted by molar-refractivity contribution is 5.78. The third-order valence-electron chi connectivity index (χ3n) is 3.18. The van der Waals surface area contributed by atoms with Gasteiger partial charge in [0.05, 0.1) is 0 Å². The van der Waals surface area contributed by atoms with Crippen molar-refractivity contribution in [3.8, 4) is 0 Å². The summed E-state index contributed by atoms with van der Waals surface area (Å²) in [4.78, 5) is 4.45. The lowest BCUT2D eigenvalue weighted by Crippen LogP contribution is -2.45. The maximum Gasteiger partial charge on any atom is 0.189 e. The Kier molecular flexibility index (Phi) is 3.31. The first-order chi connectivity index (χ1) is 6.75. The lowest BCUT2D eigenvalue weighted by Gasteiger charge is -2.22. The summed E-state index contributed by atoms with van der Waals surface area (Å²) in [6, 6.07) is 0. The van der Waals surface area contributed by atoms with Crippen LogP contribution in [0, 0.1) is 11.3 Å². The van der Waals surface area contributed by atoms with Gasteiger partial charge in [-0.15, -0.1) is 0 Å². The van der Waals surface area contributed by atoms with Gasteiger partial charge in [0.2, 0.25) is 0 Å². The number of aliphatic imine (C=N–C) groups is 1. The van der Waals surface area contributed by atoms with E-state index in [1.54, 1.807) is 0 Å². The van der Waals surface area contributed by atoms with Crippen LogP contribution >= 0.6 is 0 Å². The van der Waals surface area contributed by atoms with Crippen molar-refractivity contribution < 1.29 is 0 Å². The largest absolute Gasteiger partial charge is 0.370 e. The van der Waals surface area contributed by atoms with E-state index in [1.165, 1.54) is 12.8 Å². The van der Waals surface area contributed by atoms with Crippen LogP contribution in [0.1, 0.15) is 47.5 Å². The fourth-order valence-electron chi connectivity index (χ4n) is 1.74. The van der Waals surface area contributed by atoms with E-state index in [-0.39, 0.29) is 5.54 Å². The molecule has 0 aromatic heterocycles. The lowest BCUT2D eigenvalue weighted by atomic mass is 9.93. The number of hydrogen-bond acceptors (Lipinski definition) is 1. The zero-order chi connectivity index (χ0) is 11.7. The van der Waals surface area contributed by atoms with Crippen LogP contribution in [0.2, 0.25) is 0 Å². The minimum atomic E-state index is 0.00211. The molecule has 3 nitrogen and oxygen atoms in total. The fraction of sp³-hybridized carbons (Fsp3) is 0.917. The van der Waals surface area contributed by atoms with Gasteiger partial charge >= 0.3 is 0 Å². The molecule has 1 fully saturated rings. The van der Waals surface area contributed by atoms with Crippen molar-refractivity contribution >= 4 is 5.96 Å². The Morgan fingerprint density at radius 2 is 1.93 bits per heavy atom. The average Bonchev–Trinajstić information content (AvgIpc) is 2.77. The number of nitrogens with one attached hydrogen (secondary N) is 1. The first kappa shape index (κ1) is 12.3. The number of hydrogen-bond donors (Lipinski definition) is 2. The molecule has 0 bridgehead atoms. The zero-order valence-electron chi connectivity index (χ0n) is 10.7. The molecule has 0 atom stereocenters. The molecular weight excluding hydrogens is 186 g/mol. The average molecular weight is 211 g/mol. The van der Waals surface area contributed by atoms with Gasteiger partial charge in [-0.2, -0.15) is 0 Å². The fourth-order valence-corrected chi connectivity index (χ4v) is 1.74. The molecule has 0 aromatic carbocycles. The van der Waals surface area contributed by atoms with Crippen LogP contribution in [0.3, 0.4) is 0 Å². The van der Waals surface area contributed by atoms with Gasteiger partial charge in [0.1, 0.15) is 0 Å². The van der Waals surface area contributed by atoms with Gasteiger partial charge in [-0.1, -0.05) is 13.8 Å². The molecule has 1 saturated carbocycles. The number of guanidine groups is 1. The number of nitrogens with two attached hydrogens (primary N) is 1. The van der Waals surface area contributed by atoms with Gasteiger partial charge in [-0.05, 0) is 44.9 Å². The molecule has 0 saturated heterocycles. The quantitative estimate of drug-likeness (QED) is 0.555. The monoisotopic (exact) mass is 211 g/mol. The van der Waals surface area contributed by atoms with E-state index in [4.69, 9.17) is 5.73 Å².